The van der Waals surface area contributed by atoms with Crippen LogP contribution in [0.15, 0.2) is 24.3 Å². The molecule has 3 unspecified atom stereocenters. The number of phosphoric acid groups is 2. The quantitative estimate of drug-likeness (QED) is 0.0169. The fourth-order valence-corrected chi connectivity index (χ4v) is 13.4. The number of esters is 4. The lowest BCUT2D eigenvalue weighted by atomic mass is 10.00. The molecule has 0 saturated carbocycles. The van der Waals surface area contributed by atoms with Crippen LogP contribution in [0.4, 0.5) is 0 Å². The molecule has 0 spiro atoms. The molecule has 0 aliphatic heterocycles. The molecule has 0 aliphatic rings. The van der Waals surface area contributed by atoms with Crippen LogP contribution >= 0.6 is 15.6 Å². The summed E-state index contributed by atoms with van der Waals surface area (Å²) in [5.74, 6) is -1.41. The number of hydrogen-bond donors (Lipinski definition) is 3. The second kappa shape index (κ2) is 72.5. The topological polar surface area (TPSA) is 237 Å². The minimum Gasteiger partial charge on any atom is -0.462 e. The summed E-state index contributed by atoms with van der Waals surface area (Å²) in [6, 6.07) is 0. The minimum atomic E-state index is -4.97. The maximum Gasteiger partial charge on any atom is 0.472 e. The van der Waals surface area contributed by atoms with Gasteiger partial charge in [-0.25, -0.2) is 9.13 Å². The molecule has 0 aromatic carbocycles. The zero-order valence-electron chi connectivity index (χ0n) is 64.1. The Hall–Kier alpha value is -2.46. The van der Waals surface area contributed by atoms with E-state index in [4.69, 9.17) is 37.0 Å². The first-order valence-corrected chi connectivity index (χ1v) is 44.0. The Labute approximate surface area is 605 Å². The van der Waals surface area contributed by atoms with Gasteiger partial charge in [-0.05, 0) is 57.3 Å². The normalized spacial score (nSPS) is 14.3. The standard InChI is InChI=1S/C80H152O17P2/c1-6-10-13-16-19-22-25-28-31-32-33-34-37-40-43-46-49-56-61-65-79(84)96-75(69-90-77(82)63-58-53-47-44-41-38-35-29-26-23-20-17-14-11-7-2)71-94-98(86,87)92-67-74(81)68-93-99(88,89)95-72-76(70-91-78(83)64-59-54-51-50-52-57-62-73(5)9-4)97-80(85)66-60-55-48-45-42-39-36-30-27-24-21-18-15-12-8-3/h23,26,29,35,73-76,81H,6-22,24-25,27-28,30-34,36-72H2,1-5H3,(H,86,87)(H,88,89)/b26-23-,35-29-/t73?,74-,75-,76-/m1/s1. The molecule has 0 aromatic heterocycles. The Morgan fingerprint density at radius 3 is 0.859 bits per heavy atom. The molecule has 0 aliphatic carbocycles. The molecule has 19 heteroatoms. The van der Waals surface area contributed by atoms with Gasteiger partial charge in [0.2, 0.25) is 0 Å². The maximum absolute atomic E-state index is 13.1. The monoisotopic (exact) mass is 1450 g/mol. The van der Waals surface area contributed by atoms with Crippen LogP contribution in [0, 0.1) is 5.92 Å². The SMILES string of the molecule is CCCCCC/C=C\C=C/CCCCCCCC(=O)OC[C@H](COP(=O)(O)OC[C@@H](O)COP(=O)(O)OC[C@@H](COC(=O)CCCCCCCCC(C)CC)OC(=O)CCCCCCCCCCCCCCCCC)OC(=O)CCCCCCCCCCCCCCCCCCCCC. The van der Waals surface area contributed by atoms with E-state index in [0.29, 0.717) is 25.7 Å². The van der Waals surface area contributed by atoms with E-state index in [0.717, 1.165) is 121 Å². The van der Waals surface area contributed by atoms with Gasteiger partial charge >= 0.3 is 39.5 Å². The van der Waals surface area contributed by atoms with Crippen LogP contribution in [0.1, 0.15) is 401 Å². The Balaban J connectivity index is 5.27. The molecule has 6 atom stereocenters. The van der Waals surface area contributed by atoms with Crippen molar-refractivity contribution in [3.63, 3.8) is 0 Å². The van der Waals surface area contributed by atoms with Gasteiger partial charge in [-0.2, -0.15) is 0 Å². The average Bonchev–Trinajstić information content (AvgIpc) is 1.10. The first kappa shape index (κ1) is 96.5. The predicted octanol–water partition coefficient (Wildman–Crippen LogP) is 23.6. The van der Waals surface area contributed by atoms with Crippen molar-refractivity contribution >= 4 is 39.5 Å². The summed E-state index contributed by atoms with van der Waals surface area (Å²) < 4.78 is 68.6. The van der Waals surface area contributed by atoms with Crippen molar-refractivity contribution in [2.75, 3.05) is 39.6 Å². The number of phosphoric ester groups is 2. The zero-order chi connectivity index (χ0) is 72.7. The minimum absolute atomic E-state index is 0.102. The lowest BCUT2D eigenvalue weighted by Crippen LogP contribution is -2.30. The lowest BCUT2D eigenvalue weighted by Gasteiger charge is -2.21. The number of aliphatic hydroxyl groups is 1. The molecule has 99 heavy (non-hydrogen) atoms. The first-order chi connectivity index (χ1) is 48.1. The zero-order valence-corrected chi connectivity index (χ0v) is 65.9. The number of allylic oxidation sites excluding steroid dienone is 4. The number of carbonyl (C=O) groups excluding carboxylic acids is 4. The number of ether oxygens (including phenoxy) is 4. The smallest absolute Gasteiger partial charge is 0.462 e. The van der Waals surface area contributed by atoms with Gasteiger partial charge in [0.1, 0.15) is 19.3 Å². The first-order valence-electron chi connectivity index (χ1n) is 41.0. The number of carbonyl (C=O) groups is 4. The number of rotatable bonds is 78. The number of aliphatic hydroxyl groups excluding tert-OH is 1. The van der Waals surface area contributed by atoms with Crippen LogP contribution in [0.2, 0.25) is 0 Å². The van der Waals surface area contributed by atoms with Crippen molar-refractivity contribution in [1.29, 1.82) is 0 Å². The summed E-state index contributed by atoms with van der Waals surface area (Å²) in [6.07, 6.45) is 66.0. The van der Waals surface area contributed by atoms with Crippen molar-refractivity contribution in [2.24, 2.45) is 5.92 Å². The van der Waals surface area contributed by atoms with Gasteiger partial charge in [-0.1, -0.05) is 348 Å². The molecule has 0 bridgehead atoms. The maximum atomic E-state index is 13.1. The molecule has 0 saturated heterocycles. The van der Waals surface area contributed by atoms with Gasteiger partial charge < -0.3 is 33.8 Å². The van der Waals surface area contributed by atoms with Gasteiger partial charge in [0, 0.05) is 25.7 Å². The highest BCUT2D eigenvalue weighted by Crippen LogP contribution is 2.45. The Morgan fingerprint density at radius 1 is 0.323 bits per heavy atom. The Kier molecular flexibility index (Phi) is 70.7. The second-order valence-electron chi connectivity index (χ2n) is 28.4. The molecular weight excluding hydrogens is 1290 g/mol. The Bertz CT molecular complexity index is 1990. The van der Waals surface area contributed by atoms with Gasteiger partial charge in [0.15, 0.2) is 12.2 Å². The number of unbranched alkanes of at least 4 members (excludes halogenated alkanes) is 46. The van der Waals surface area contributed by atoms with Crippen molar-refractivity contribution in [1.82, 2.24) is 0 Å². The summed E-state index contributed by atoms with van der Waals surface area (Å²) in [5.41, 5.74) is 0. The molecule has 0 heterocycles. The Morgan fingerprint density at radius 2 is 0.566 bits per heavy atom. The van der Waals surface area contributed by atoms with Gasteiger partial charge in [-0.15, -0.1) is 0 Å². The third-order valence-electron chi connectivity index (χ3n) is 18.5. The highest BCUT2D eigenvalue weighted by Gasteiger charge is 2.30. The highest BCUT2D eigenvalue weighted by molar-refractivity contribution is 7.47. The summed E-state index contributed by atoms with van der Waals surface area (Å²) >= 11 is 0. The third-order valence-corrected chi connectivity index (χ3v) is 20.4. The van der Waals surface area contributed by atoms with Crippen LogP contribution in [0.5, 0.6) is 0 Å². The van der Waals surface area contributed by atoms with E-state index in [1.165, 1.54) is 199 Å². The molecule has 0 fully saturated rings. The van der Waals surface area contributed by atoms with Crippen LogP contribution in [-0.4, -0.2) is 96.7 Å². The highest BCUT2D eigenvalue weighted by atomic mass is 31.2. The molecule has 0 rings (SSSR count). The van der Waals surface area contributed by atoms with Gasteiger partial charge in [0.05, 0.1) is 26.4 Å². The van der Waals surface area contributed by atoms with Crippen LogP contribution in [0.3, 0.4) is 0 Å². The number of hydrogen-bond acceptors (Lipinski definition) is 15. The van der Waals surface area contributed by atoms with E-state index in [1.807, 2.05) is 0 Å². The summed E-state index contributed by atoms with van der Waals surface area (Å²) in [5, 5.41) is 10.6. The largest absolute Gasteiger partial charge is 0.472 e. The van der Waals surface area contributed by atoms with E-state index < -0.39 is 97.5 Å². The molecular formula is C80H152O17P2. The van der Waals surface area contributed by atoms with Crippen molar-refractivity contribution in [3.8, 4) is 0 Å². The van der Waals surface area contributed by atoms with E-state index >= 15 is 0 Å². The summed E-state index contributed by atoms with van der Waals surface area (Å²) in [7, 11) is -9.93. The van der Waals surface area contributed by atoms with Crippen LogP contribution < -0.4 is 0 Å². The molecule has 17 nitrogen and oxygen atoms in total. The summed E-state index contributed by atoms with van der Waals surface area (Å²) in [6.45, 7) is 7.22. The third kappa shape index (κ3) is 72.3. The lowest BCUT2D eigenvalue weighted by molar-refractivity contribution is -0.161. The molecule has 0 radical (unpaired) electrons. The average molecular weight is 1450 g/mol. The molecule has 3 N–H and O–H groups in total. The van der Waals surface area contributed by atoms with E-state index in [2.05, 4.69) is 58.9 Å². The van der Waals surface area contributed by atoms with Crippen LogP contribution in [-0.2, 0) is 65.4 Å². The molecule has 0 amide bonds. The molecule has 584 valence electrons. The van der Waals surface area contributed by atoms with Crippen LogP contribution in [0.25, 0.3) is 0 Å². The van der Waals surface area contributed by atoms with E-state index in [1.54, 1.807) is 0 Å². The van der Waals surface area contributed by atoms with Gasteiger partial charge in [-0.3, -0.25) is 37.3 Å². The van der Waals surface area contributed by atoms with Crippen molar-refractivity contribution in [3.05, 3.63) is 24.3 Å². The van der Waals surface area contributed by atoms with Gasteiger partial charge in [0.25, 0.3) is 0 Å². The van der Waals surface area contributed by atoms with E-state index in [-0.39, 0.29) is 25.7 Å². The van der Waals surface area contributed by atoms with Crippen molar-refractivity contribution in [2.45, 2.75) is 419 Å². The second-order valence-corrected chi connectivity index (χ2v) is 31.3. The molecule has 0 aromatic rings. The summed E-state index contributed by atoms with van der Waals surface area (Å²) in [4.78, 5) is 73.0. The fourth-order valence-electron chi connectivity index (χ4n) is 11.8. The fraction of sp³-hybridized carbons (Fsp3) is 0.900. The predicted molar refractivity (Wildman–Crippen MR) is 404 cm³/mol. The van der Waals surface area contributed by atoms with Crippen molar-refractivity contribution < 1.29 is 80.2 Å². The van der Waals surface area contributed by atoms with E-state index in [9.17, 15) is 43.2 Å².